The summed E-state index contributed by atoms with van der Waals surface area (Å²) in [5.74, 6) is 0. The molecule has 0 unspecified atom stereocenters. The highest BCUT2D eigenvalue weighted by molar-refractivity contribution is 7.93. The van der Waals surface area contributed by atoms with Crippen LogP contribution in [-0.4, -0.2) is 23.4 Å². The number of nitrogens with one attached hydrogen (secondary N) is 1. The smallest absolute Gasteiger partial charge is 0.264 e. The summed E-state index contributed by atoms with van der Waals surface area (Å²) in [6.07, 6.45) is 1.33. The Kier molecular flexibility index (Phi) is 5.77. The van der Waals surface area contributed by atoms with E-state index in [1.165, 1.54) is 4.31 Å². The fourth-order valence-corrected chi connectivity index (χ4v) is 6.84. The molecule has 1 N–H and O–H groups in total. The summed E-state index contributed by atoms with van der Waals surface area (Å²) in [7, 11) is -7.46. The summed E-state index contributed by atoms with van der Waals surface area (Å²) >= 11 is 0. The minimum atomic E-state index is -3.76. The van der Waals surface area contributed by atoms with Gasteiger partial charge in [-0.15, -0.1) is 0 Å². The van der Waals surface area contributed by atoms with Crippen molar-refractivity contribution in [1.29, 1.82) is 0 Å². The normalized spacial score (nSPS) is 14.2. The van der Waals surface area contributed by atoms with Crippen LogP contribution >= 0.6 is 0 Å². The maximum atomic E-state index is 13.2. The van der Waals surface area contributed by atoms with Gasteiger partial charge in [0.2, 0.25) is 0 Å². The molecule has 4 rings (SSSR count). The van der Waals surface area contributed by atoms with E-state index in [1.54, 1.807) is 61.5 Å². The highest BCUT2D eigenvalue weighted by Crippen LogP contribution is 2.34. The highest BCUT2D eigenvalue weighted by Gasteiger charge is 2.29. The van der Waals surface area contributed by atoms with E-state index in [4.69, 9.17) is 0 Å². The molecule has 0 spiro atoms. The molecule has 0 atom stereocenters. The largest absolute Gasteiger partial charge is 0.280 e. The Bertz CT molecular complexity index is 1380. The monoisotopic (exact) mass is 470 g/mol. The summed E-state index contributed by atoms with van der Waals surface area (Å²) in [5.41, 5.74) is 4.46. The summed E-state index contributed by atoms with van der Waals surface area (Å²) in [6.45, 7) is 5.98. The predicted molar refractivity (Wildman–Crippen MR) is 127 cm³/mol. The summed E-state index contributed by atoms with van der Waals surface area (Å²) in [6, 6.07) is 17.0. The van der Waals surface area contributed by atoms with Crippen molar-refractivity contribution in [2.24, 2.45) is 0 Å². The molecule has 3 aromatic rings. The molecule has 0 amide bonds. The van der Waals surface area contributed by atoms with E-state index in [9.17, 15) is 16.8 Å². The number of fused-ring (bicyclic) bond motifs is 1. The average Bonchev–Trinajstić information content (AvgIpc) is 2.73. The zero-order valence-electron chi connectivity index (χ0n) is 18.3. The van der Waals surface area contributed by atoms with Crippen molar-refractivity contribution >= 4 is 31.4 Å². The molecule has 0 saturated carbocycles. The SMILES string of the molecule is Cc1ccc(S(=O)(=O)N2CCCc3cc(NS(=O)(=O)c4ccc(C)cc4C)ccc32)cc1. The zero-order valence-corrected chi connectivity index (χ0v) is 19.9. The molecule has 1 heterocycles. The highest BCUT2D eigenvalue weighted by atomic mass is 32.2. The van der Waals surface area contributed by atoms with Crippen LogP contribution < -0.4 is 9.03 Å². The minimum Gasteiger partial charge on any atom is -0.280 e. The molecule has 3 aromatic carbocycles. The zero-order chi connectivity index (χ0) is 23.1. The van der Waals surface area contributed by atoms with Crippen LogP contribution in [-0.2, 0) is 26.5 Å². The van der Waals surface area contributed by atoms with Gasteiger partial charge in [0.1, 0.15) is 0 Å². The molecule has 32 heavy (non-hydrogen) atoms. The lowest BCUT2D eigenvalue weighted by Gasteiger charge is -2.31. The number of anilines is 2. The van der Waals surface area contributed by atoms with Gasteiger partial charge in [-0.1, -0.05) is 35.4 Å². The van der Waals surface area contributed by atoms with Crippen molar-refractivity contribution in [3.8, 4) is 0 Å². The lowest BCUT2D eigenvalue weighted by molar-refractivity contribution is 0.586. The molecular formula is C24H26N2O4S2. The Labute approximate surface area is 190 Å². The van der Waals surface area contributed by atoms with Gasteiger partial charge < -0.3 is 0 Å². The van der Waals surface area contributed by atoms with Crippen molar-refractivity contribution in [2.45, 2.75) is 43.4 Å². The number of hydrogen-bond acceptors (Lipinski definition) is 4. The van der Waals surface area contributed by atoms with E-state index in [0.29, 0.717) is 36.3 Å². The minimum absolute atomic E-state index is 0.226. The van der Waals surface area contributed by atoms with Gasteiger partial charge in [0.05, 0.1) is 15.5 Å². The van der Waals surface area contributed by atoms with Gasteiger partial charge in [-0.05, 0) is 81.1 Å². The second-order valence-electron chi connectivity index (χ2n) is 8.21. The molecule has 0 bridgehead atoms. The second-order valence-corrected chi connectivity index (χ2v) is 11.7. The standard InChI is InChI=1S/C24H26N2O4S2/c1-17-6-10-22(11-7-17)32(29,30)26-14-4-5-20-16-21(9-12-23(20)26)25-31(27,28)24-13-8-18(2)15-19(24)3/h6-13,15-16,25H,4-5,14H2,1-3H3. The fraction of sp³-hybridized carbons (Fsp3) is 0.250. The predicted octanol–water partition coefficient (Wildman–Crippen LogP) is 4.55. The number of rotatable bonds is 5. The molecule has 0 aliphatic carbocycles. The van der Waals surface area contributed by atoms with E-state index < -0.39 is 20.0 Å². The van der Waals surface area contributed by atoms with E-state index in [0.717, 1.165) is 16.7 Å². The Morgan fingerprint density at radius 3 is 2.19 bits per heavy atom. The quantitative estimate of drug-likeness (QED) is 0.593. The third-order valence-corrected chi connectivity index (χ3v) is 9.01. The van der Waals surface area contributed by atoms with Gasteiger partial charge >= 0.3 is 0 Å². The fourth-order valence-electron chi connectivity index (χ4n) is 4.02. The third kappa shape index (κ3) is 4.25. The van der Waals surface area contributed by atoms with E-state index in [2.05, 4.69) is 4.72 Å². The Hall–Kier alpha value is -2.84. The van der Waals surface area contributed by atoms with Crippen molar-refractivity contribution in [3.63, 3.8) is 0 Å². The first kappa shape index (κ1) is 22.4. The molecule has 0 fully saturated rings. The van der Waals surface area contributed by atoms with Crippen molar-refractivity contribution in [2.75, 3.05) is 15.6 Å². The van der Waals surface area contributed by atoms with Gasteiger partial charge in [0, 0.05) is 12.2 Å². The summed E-state index contributed by atoms with van der Waals surface area (Å²) < 4.78 is 56.4. The molecule has 168 valence electrons. The number of benzene rings is 3. The van der Waals surface area contributed by atoms with Crippen molar-refractivity contribution in [3.05, 3.63) is 82.9 Å². The molecule has 1 aliphatic rings. The maximum Gasteiger partial charge on any atom is 0.264 e. The first-order chi connectivity index (χ1) is 15.1. The molecule has 6 nitrogen and oxygen atoms in total. The molecule has 0 radical (unpaired) electrons. The maximum absolute atomic E-state index is 13.2. The lowest BCUT2D eigenvalue weighted by atomic mass is 10.0. The second kappa shape index (κ2) is 8.26. The number of nitrogens with zero attached hydrogens (tertiary/aromatic N) is 1. The Morgan fingerprint density at radius 1 is 0.812 bits per heavy atom. The van der Waals surface area contributed by atoms with Crippen LogP contribution in [0.15, 0.2) is 70.5 Å². The number of aryl methyl sites for hydroxylation is 4. The van der Waals surface area contributed by atoms with Crippen LogP contribution in [0, 0.1) is 20.8 Å². The van der Waals surface area contributed by atoms with Gasteiger partial charge in [0.25, 0.3) is 20.0 Å². The molecule has 8 heteroatoms. The van der Waals surface area contributed by atoms with E-state index >= 15 is 0 Å². The molecule has 0 saturated heterocycles. The van der Waals surface area contributed by atoms with E-state index in [1.807, 2.05) is 19.9 Å². The Morgan fingerprint density at radius 2 is 1.50 bits per heavy atom. The number of hydrogen-bond donors (Lipinski definition) is 1. The molecule has 1 aliphatic heterocycles. The van der Waals surface area contributed by atoms with Crippen LogP contribution in [0.4, 0.5) is 11.4 Å². The lowest BCUT2D eigenvalue weighted by Crippen LogP contribution is -2.35. The Balaban J connectivity index is 1.66. The van der Waals surface area contributed by atoms with Gasteiger partial charge in [-0.2, -0.15) is 0 Å². The van der Waals surface area contributed by atoms with Crippen LogP contribution in [0.2, 0.25) is 0 Å². The van der Waals surface area contributed by atoms with Crippen LogP contribution in [0.1, 0.15) is 28.7 Å². The van der Waals surface area contributed by atoms with Gasteiger partial charge in [-0.25, -0.2) is 16.8 Å². The number of sulfonamides is 2. The third-order valence-electron chi connectivity index (χ3n) is 5.64. The van der Waals surface area contributed by atoms with Crippen molar-refractivity contribution in [1.82, 2.24) is 0 Å². The van der Waals surface area contributed by atoms with Crippen LogP contribution in [0.5, 0.6) is 0 Å². The van der Waals surface area contributed by atoms with E-state index in [-0.39, 0.29) is 9.79 Å². The molecular weight excluding hydrogens is 444 g/mol. The van der Waals surface area contributed by atoms with Crippen molar-refractivity contribution < 1.29 is 16.8 Å². The first-order valence-electron chi connectivity index (χ1n) is 10.4. The van der Waals surface area contributed by atoms with Gasteiger partial charge in [-0.3, -0.25) is 9.03 Å². The molecule has 0 aromatic heterocycles. The summed E-state index contributed by atoms with van der Waals surface area (Å²) in [5, 5.41) is 0. The average molecular weight is 471 g/mol. The topological polar surface area (TPSA) is 83.6 Å². The summed E-state index contributed by atoms with van der Waals surface area (Å²) in [4.78, 5) is 0.472. The first-order valence-corrected chi connectivity index (χ1v) is 13.3. The van der Waals surface area contributed by atoms with Crippen LogP contribution in [0.3, 0.4) is 0 Å². The van der Waals surface area contributed by atoms with Crippen LogP contribution in [0.25, 0.3) is 0 Å². The van der Waals surface area contributed by atoms with Gasteiger partial charge in [0.15, 0.2) is 0 Å².